The summed E-state index contributed by atoms with van der Waals surface area (Å²) in [5, 5.41) is 0. The maximum Gasteiger partial charge on any atom is 0.0853 e. The van der Waals surface area contributed by atoms with E-state index in [2.05, 4.69) is 26.6 Å². The summed E-state index contributed by atoms with van der Waals surface area (Å²) in [6, 6.07) is 0. The summed E-state index contributed by atoms with van der Waals surface area (Å²) in [7, 11) is 7.94. The Balaban J connectivity index is 3.07. The summed E-state index contributed by atoms with van der Waals surface area (Å²) in [6.07, 6.45) is 0. The number of quaternary nitrogens is 1. The van der Waals surface area contributed by atoms with Crippen LogP contribution in [0.2, 0.25) is 0 Å². The van der Waals surface area contributed by atoms with Crippen LogP contribution in [0.5, 0.6) is 0 Å². The second kappa shape index (κ2) is 3.82. The fraction of sp³-hybridized carbons (Fsp3) is 1.00. The van der Waals surface area contributed by atoms with Crippen molar-refractivity contribution >= 4 is 0 Å². The van der Waals surface area contributed by atoms with Crippen molar-refractivity contribution in [2.75, 3.05) is 41.4 Å². The zero-order valence-electron chi connectivity index (χ0n) is 6.77. The molecule has 9 heavy (non-hydrogen) atoms. The number of methoxy groups -OCH3 is 1. The Kier molecular flexibility index (Phi) is 3.77. The molecule has 0 atom stereocenters. The second-order valence-corrected chi connectivity index (χ2v) is 2.91. The monoisotopic (exact) mass is 133 g/mol. The first kappa shape index (κ1) is 8.88. The SMILES string of the molecule is COCCN[N+](C)(C)C. The van der Waals surface area contributed by atoms with Crippen molar-refractivity contribution in [2.24, 2.45) is 0 Å². The highest BCUT2D eigenvalue weighted by Crippen LogP contribution is 1.79. The molecule has 56 valence electrons. The largest absolute Gasteiger partial charge is 0.383 e. The van der Waals surface area contributed by atoms with E-state index < -0.39 is 0 Å². The number of ether oxygens (including phenoxy) is 1. The number of nitrogens with one attached hydrogen (secondary N) is 1. The van der Waals surface area contributed by atoms with Crippen molar-refractivity contribution in [1.29, 1.82) is 0 Å². The van der Waals surface area contributed by atoms with E-state index in [-0.39, 0.29) is 0 Å². The summed E-state index contributed by atoms with van der Waals surface area (Å²) < 4.78 is 5.65. The average molecular weight is 133 g/mol. The molecule has 0 heterocycles. The van der Waals surface area contributed by atoms with Crippen LogP contribution in [0.25, 0.3) is 0 Å². The molecule has 3 heteroatoms. The average Bonchev–Trinajstić information content (AvgIpc) is 1.63. The molecule has 0 saturated heterocycles. The predicted molar refractivity (Wildman–Crippen MR) is 37.9 cm³/mol. The summed E-state index contributed by atoms with van der Waals surface area (Å²) >= 11 is 0. The minimum absolute atomic E-state index is 0.773. The van der Waals surface area contributed by atoms with E-state index >= 15 is 0 Å². The minimum Gasteiger partial charge on any atom is -0.383 e. The lowest BCUT2D eigenvalue weighted by Gasteiger charge is -2.23. The summed E-state index contributed by atoms with van der Waals surface area (Å²) in [4.78, 5) is 0. The van der Waals surface area contributed by atoms with Gasteiger partial charge in [0.25, 0.3) is 0 Å². The quantitative estimate of drug-likeness (QED) is 0.327. The van der Waals surface area contributed by atoms with Crippen LogP contribution >= 0.6 is 0 Å². The third kappa shape index (κ3) is 7.88. The first-order chi connectivity index (χ1) is 4.06. The van der Waals surface area contributed by atoms with Gasteiger partial charge in [0.2, 0.25) is 0 Å². The zero-order valence-corrected chi connectivity index (χ0v) is 6.77. The lowest BCUT2D eigenvalue weighted by Crippen LogP contribution is -2.49. The molecule has 0 aromatic heterocycles. The predicted octanol–water partition coefficient (Wildman–Crippen LogP) is -0.156. The van der Waals surface area contributed by atoms with Crippen molar-refractivity contribution in [3.8, 4) is 0 Å². The topological polar surface area (TPSA) is 21.3 Å². The van der Waals surface area contributed by atoms with Gasteiger partial charge in [0.05, 0.1) is 34.3 Å². The lowest BCUT2D eigenvalue weighted by atomic mass is 10.7. The minimum atomic E-state index is 0.773. The first-order valence-electron chi connectivity index (χ1n) is 3.12. The van der Waals surface area contributed by atoms with Crippen LogP contribution in [0, 0.1) is 0 Å². The summed E-state index contributed by atoms with van der Waals surface area (Å²) in [6.45, 7) is 1.68. The molecule has 0 aromatic rings. The normalized spacial score (nSPS) is 12.0. The van der Waals surface area contributed by atoms with E-state index in [0.717, 1.165) is 17.7 Å². The molecule has 0 aliphatic rings. The standard InChI is InChI=1S/C6H17N2O/c1-8(2,3)7-5-6-9-4/h7H,5-6H2,1-4H3/q+1. The molecule has 0 rings (SSSR count). The van der Waals surface area contributed by atoms with Gasteiger partial charge >= 0.3 is 0 Å². The molecule has 0 fully saturated rings. The number of hydrogen-bond acceptors (Lipinski definition) is 2. The van der Waals surface area contributed by atoms with Crippen LogP contribution in [0.4, 0.5) is 0 Å². The van der Waals surface area contributed by atoms with Gasteiger partial charge in [0.15, 0.2) is 0 Å². The van der Waals surface area contributed by atoms with Crippen LogP contribution in [0.1, 0.15) is 0 Å². The van der Waals surface area contributed by atoms with Gasteiger partial charge in [-0.3, -0.25) is 4.59 Å². The van der Waals surface area contributed by atoms with Crippen molar-refractivity contribution in [3.05, 3.63) is 0 Å². The highest BCUT2D eigenvalue weighted by molar-refractivity contribution is 4.27. The Labute approximate surface area is 57.2 Å². The van der Waals surface area contributed by atoms with Crippen molar-refractivity contribution in [3.63, 3.8) is 0 Å². The zero-order chi connectivity index (χ0) is 7.33. The molecule has 0 aliphatic carbocycles. The molecule has 0 amide bonds. The van der Waals surface area contributed by atoms with E-state index in [1.807, 2.05) is 0 Å². The number of hydrogen-bond donors (Lipinski definition) is 1. The van der Waals surface area contributed by atoms with Crippen molar-refractivity contribution < 1.29 is 9.33 Å². The number of rotatable bonds is 4. The van der Waals surface area contributed by atoms with Crippen LogP contribution in [0.3, 0.4) is 0 Å². The Hall–Kier alpha value is -0.120. The van der Waals surface area contributed by atoms with Gasteiger partial charge in [-0.05, 0) is 0 Å². The molecule has 3 nitrogen and oxygen atoms in total. The Morgan fingerprint density at radius 3 is 2.22 bits per heavy atom. The molecule has 0 spiro atoms. The van der Waals surface area contributed by atoms with Crippen LogP contribution in [0.15, 0.2) is 0 Å². The molecule has 0 aromatic carbocycles. The van der Waals surface area contributed by atoms with E-state index in [9.17, 15) is 0 Å². The molecule has 0 aliphatic heterocycles. The van der Waals surface area contributed by atoms with Crippen LogP contribution < -0.4 is 5.43 Å². The molecule has 0 radical (unpaired) electrons. The second-order valence-electron chi connectivity index (χ2n) is 2.91. The highest BCUT2D eigenvalue weighted by Gasteiger charge is 2.02. The van der Waals surface area contributed by atoms with Crippen LogP contribution in [-0.2, 0) is 4.74 Å². The molecule has 0 unspecified atom stereocenters. The van der Waals surface area contributed by atoms with Gasteiger partial charge in [-0.1, -0.05) is 0 Å². The Bertz CT molecular complexity index is 67.9. The first-order valence-corrected chi connectivity index (χ1v) is 3.12. The van der Waals surface area contributed by atoms with Gasteiger partial charge in [-0.2, -0.15) is 5.43 Å². The molecule has 0 bridgehead atoms. The molecule has 0 saturated carbocycles. The van der Waals surface area contributed by atoms with Crippen LogP contribution in [-0.4, -0.2) is 46.0 Å². The smallest absolute Gasteiger partial charge is 0.0853 e. The fourth-order valence-corrected chi connectivity index (χ4v) is 0.483. The van der Waals surface area contributed by atoms with Gasteiger partial charge in [-0.15, -0.1) is 0 Å². The van der Waals surface area contributed by atoms with E-state index in [0.29, 0.717) is 0 Å². The Morgan fingerprint density at radius 2 is 1.89 bits per heavy atom. The van der Waals surface area contributed by atoms with Gasteiger partial charge < -0.3 is 4.74 Å². The maximum absolute atomic E-state index is 4.86. The van der Waals surface area contributed by atoms with Crippen molar-refractivity contribution in [2.45, 2.75) is 0 Å². The fourth-order valence-electron chi connectivity index (χ4n) is 0.483. The molecular weight excluding hydrogens is 116 g/mol. The number of nitrogens with zero attached hydrogens (tertiary/aromatic N) is 1. The van der Waals surface area contributed by atoms with E-state index in [4.69, 9.17) is 4.74 Å². The lowest BCUT2D eigenvalue weighted by molar-refractivity contribution is -0.915. The molecular formula is C6H17N2O+. The van der Waals surface area contributed by atoms with E-state index in [1.165, 1.54) is 0 Å². The van der Waals surface area contributed by atoms with Gasteiger partial charge in [0.1, 0.15) is 0 Å². The highest BCUT2D eigenvalue weighted by atomic mass is 16.5. The third-order valence-electron chi connectivity index (χ3n) is 0.892. The maximum atomic E-state index is 4.86. The summed E-state index contributed by atoms with van der Waals surface area (Å²) in [5.74, 6) is 0. The van der Waals surface area contributed by atoms with E-state index in [1.54, 1.807) is 7.11 Å². The van der Waals surface area contributed by atoms with Gasteiger partial charge in [-0.25, -0.2) is 0 Å². The Morgan fingerprint density at radius 1 is 1.33 bits per heavy atom. The third-order valence-corrected chi connectivity index (χ3v) is 0.892. The van der Waals surface area contributed by atoms with Gasteiger partial charge in [0, 0.05) is 7.11 Å². The molecule has 1 N–H and O–H groups in total. The van der Waals surface area contributed by atoms with Crippen molar-refractivity contribution in [1.82, 2.24) is 5.43 Å². The summed E-state index contributed by atoms with van der Waals surface area (Å²) in [5.41, 5.74) is 3.24.